The summed E-state index contributed by atoms with van der Waals surface area (Å²) < 4.78 is 0. The van der Waals surface area contributed by atoms with E-state index in [-0.39, 0.29) is 11.5 Å². The molecule has 2 rings (SSSR count). The molecule has 0 aromatic heterocycles. The average molecular weight is 240 g/mol. The van der Waals surface area contributed by atoms with E-state index in [0.717, 1.165) is 31.4 Å². The number of aliphatic hydroxyl groups excluding tert-OH is 1. The van der Waals surface area contributed by atoms with Gasteiger partial charge in [0.25, 0.3) is 0 Å². The van der Waals surface area contributed by atoms with Crippen molar-refractivity contribution in [1.29, 1.82) is 0 Å². The van der Waals surface area contributed by atoms with Crippen molar-refractivity contribution in [2.24, 2.45) is 0 Å². The van der Waals surface area contributed by atoms with E-state index in [9.17, 15) is 5.11 Å². The molecule has 3 unspecified atom stereocenters. The Morgan fingerprint density at radius 1 is 1.38 bits per heavy atom. The van der Waals surface area contributed by atoms with Crippen LogP contribution in [0.1, 0.15) is 30.2 Å². The summed E-state index contributed by atoms with van der Waals surface area (Å²) in [4.78, 5) is 0. The standard InChI is InChI=1S/C13H18ClNO/c14-13(10-4-2-1-3-5-10)9-11-8-12(16)6-7-15-11/h1-5,11-13,15-16H,6-9H2. The molecule has 3 atom stereocenters. The number of alkyl halides is 1. The van der Waals surface area contributed by atoms with E-state index in [1.165, 1.54) is 0 Å². The zero-order valence-corrected chi connectivity index (χ0v) is 10.0. The van der Waals surface area contributed by atoms with Crippen LogP contribution in [0.3, 0.4) is 0 Å². The van der Waals surface area contributed by atoms with Gasteiger partial charge in [-0.15, -0.1) is 11.6 Å². The van der Waals surface area contributed by atoms with Gasteiger partial charge in [0.1, 0.15) is 0 Å². The number of aliphatic hydroxyl groups is 1. The first-order chi connectivity index (χ1) is 7.75. The largest absolute Gasteiger partial charge is 0.393 e. The molecule has 16 heavy (non-hydrogen) atoms. The molecule has 0 spiro atoms. The fourth-order valence-electron chi connectivity index (χ4n) is 2.21. The van der Waals surface area contributed by atoms with Gasteiger partial charge in [0.05, 0.1) is 11.5 Å². The van der Waals surface area contributed by atoms with E-state index >= 15 is 0 Å². The van der Waals surface area contributed by atoms with Gasteiger partial charge in [0, 0.05) is 6.04 Å². The molecule has 0 bridgehead atoms. The first-order valence-electron chi connectivity index (χ1n) is 5.86. The van der Waals surface area contributed by atoms with E-state index in [1.54, 1.807) is 0 Å². The molecular formula is C13H18ClNO. The molecule has 2 nitrogen and oxygen atoms in total. The highest BCUT2D eigenvalue weighted by molar-refractivity contribution is 6.20. The van der Waals surface area contributed by atoms with Crippen LogP contribution in [-0.2, 0) is 0 Å². The fourth-order valence-corrected chi connectivity index (χ4v) is 2.57. The molecule has 88 valence electrons. The average Bonchev–Trinajstić information content (AvgIpc) is 2.30. The van der Waals surface area contributed by atoms with Crippen LogP contribution in [0.5, 0.6) is 0 Å². The summed E-state index contributed by atoms with van der Waals surface area (Å²) in [6, 6.07) is 10.5. The molecule has 1 aromatic carbocycles. The summed E-state index contributed by atoms with van der Waals surface area (Å²) in [5.74, 6) is 0. The number of hydrogen-bond donors (Lipinski definition) is 2. The SMILES string of the molecule is OC1CCNC(CC(Cl)c2ccccc2)C1. The van der Waals surface area contributed by atoms with Crippen molar-refractivity contribution < 1.29 is 5.11 Å². The van der Waals surface area contributed by atoms with Crippen molar-refractivity contribution in [2.75, 3.05) is 6.54 Å². The number of rotatable bonds is 3. The summed E-state index contributed by atoms with van der Waals surface area (Å²) in [5, 5.41) is 13.0. The molecule has 0 amide bonds. The molecule has 1 heterocycles. The lowest BCUT2D eigenvalue weighted by atomic mass is 9.96. The van der Waals surface area contributed by atoms with Gasteiger partial charge in [-0.2, -0.15) is 0 Å². The Hall–Kier alpha value is -0.570. The first kappa shape index (κ1) is 11.9. The third kappa shape index (κ3) is 3.21. The second kappa shape index (κ2) is 5.67. The third-order valence-electron chi connectivity index (χ3n) is 3.12. The highest BCUT2D eigenvalue weighted by Gasteiger charge is 2.22. The van der Waals surface area contributed by atoms with Gasteiger partial charge in [-0.1, -0.05) is 30.3 Å². The Labute approximate surface area is 102 Å². The lowest BCUT2D eigenvalue weighted by Crippen LogP contribution is -2.40. The van der Waals surface area contributed by atoms with E-state index < -0.39 is 0 Å². The molecule has 1 fully saturated rings. The Balaban J connectivity index is 1.89. The number of piperidine rings is 1. The summed E-state index contributed by atoms with van der Waals surface area (Å²) >= 11 is 6.37. The fraction of sp³-hybridized carbons (Fsp3) is 0.538. The zero-order chi connectivity index (χ0) is 11.4. The van der Waals surface area contributed by atoms with E-state index in [0.29, 0.717) is 6.04 Å². The molecule has 1 aliphatic heterocycles. The van der Waals surface area contributed by atoms with E-state index in [2.05, 4.69) is 17.4 Å². The van der Waals surface area contributed by atoms with Gasteiger partial charge in [-0.3, -0.25) is 0 Å². The molecule has 2 N–H and O–H groups in total. The lowest BCUT2D eigenvalue weighted by Gasteiger charge is -2.28. The van der Waals surface area contributed by atoms with Crippen LogP contribution in [0.2, 0.25) is 0 Å². The van der Waals surface area contributed by atoms with Crippen LogP contribution in [0, 0.1) is 0 Å². The van der Waals surface area contributed by atoms with Gasteiger partial charge in [-0.05, 0) is 31.4 Å². The van der Waals surface area contributed by atoms with Gasteiger partial charge in [-0.25, -0.2) is 0 Å². The maximum absolute atomic E-state index is 9.58. The van der Waals surface area contributed by atoms with Crippen molar-refractivity contribution in [3.05, 3.63) is 35.9 Å². The second-order valence-electron chi connectivity index (χ2n) is 4.44. The monoisotopic (exact) mass is 239 g/mol. The molecular weight excluding hydrogens is 222 g/mol. The Morgan fingerprint density at radius 3 is 2.81 bits per heavy atom. The molecule has 1 saturated heterocycles. The van der Waals surface area contributed by atoms with Crippen molar-refractivity contribution >= 4 is 11.6 Å². The maximum atomic E-state index is 9.58. The van der Waals surface area contributed by atoms with Crippen molar-refractivity contribution in [3.63, 3.8) is 0 Å². The topological polar surface area (TPSA) is 32.3 Å². The van der Waals surface area contributed by atoms with E-state index in [4.69, 9.17) is 11.6 Å². The lowest BCUT2D eigenvalue weighted by molar-refractivity contribution is 0.114. The Kier molecular flexibility index (Phi) is 4.22. The molecule has 0 aliphatic carbocycles. The van der Waals surface area contributed by atoms with Crippen LogP contribution >= 0.6 is 11.6 Å². The van der Waals surface area contributed by atoms with Gasteiger partial charge in [0.15, 0.2) is 0 Å². The minimum absolute atomic E-state index is 0.0315. The Bertz CT molecular complexity index is 317. The van der Waals surface area contributed by atoms with Crippen molar-refractivity contribution in [2.45, 2.75) is 36.8 Å². The number of hydrogen-bond acceptors (Lipinski definition) is 2. The Morgan fingerprint density at radius 2 is 2.12 bits per heavy atom. The number of benzene rings is 1. The minimum atomic E-state index is -0.161. The van der Waals surface area contributed by atoms with Gasteiger partial charge >= 0.3 is 0 Å². The van der Waals surface area contributed by atoms with Crippen LogP contribution in [0.4, 0.5) is 0 Å². The van der Waals surface area contributed by atoms with Crippen LogP contribution < -0.4 is 5.32 Å². The van der Waals surface area contributed by atoms with Crippen molar-refractivity contribution in [3.8, 4) is 0 Å². The van der Waals surface area contributed by atoms with Crippen LogP contribution in [0.15, 0.2) is 30.3 Å². The second-order valence-corrected chi connectivity index (χ2v) is 4.97. The first-order valence-corrected chi connectivity index (χ1v) is 6.30. The predicted molar refractivity (Wildman–Crippen MR) is 66.7 cm³/mol. The molecule has 0 radical (unpaired) electrons. The van der Waals surface area contributed by atoms with Gasteiger partial charge < -0.3 is 10.4 Å². The predicted octanol–water partition coefficient (Wildman–Crippen LogP) is 2.47. The molecule has 1 aliphatic rings. The van der Waals surface area contributed by atoms with E-state index in [1.807, 2.05) is 18.2 Å². The zero-order valence-electron chi connectivity index (χ0n) is 9.27. The van der Waals surface area contributed by atoms with Crippen molar-refractivity contribution in [1.82, 2.24) is 5.32 Å². The summed E-state index contributed by atoms with van der Waals surface area (Å²) in [5.41, 5.74) is 1.16. The quantitative estimate of drug-likeness (QED) is 0.795. The third-order valence-corrected chi connectivity index (χ3v) is 3.55. The summed E-state index contributed by atoms with van der Waals surface area (Å²) in [6.07, 6.45) is 2.39. The molecule has 0 saturated carbocycles. The highest BCUT2D eigenvalue weighted by Crippen LogP contribution is 2.27. The molecule has 3 heteroatoms. The number of halogens is 1. The summed E-state index contributed by atoms with van der Waals surface area (Å²) in [7, 11) is 0. The smallest absolute Gasteiger partial charge is 0.0600 e. The normalized spacial score (nSPS) is 27.6. The number of nitrogens with one attached hydrogen (secondary N) is 1. The molecule has 1 aromatic rings. The maximum Gasteiger partial charge on any atom is 0.0600 e. The summed E-state index contributed by atoms with van der Waals surface area (Å²) in [6.45, 7) is 0.893. The minimum Gasteiger partial charge on any atom is -0.393 e. The van der Waals surface area contributed by atoms with Crippen LogP contribution in [-0.4, -0.2) is 23.8 Å². The highest BCUT2D eigenvalue weighted by atomic mass is 35.5. The van der Waals surface area contributed by atoms with Crippen LogP contribution in [0.25, 0.3) is 0 Å². The van der Waals surface area contributed by atoms with Gasteiger partial charge in [0.2, 0.25) is 0 Å².